The molecule has 0 saturated carbocycles. The standard InChI is InChI=1S/C25H27N5O4S/c1-17-23-20(16-21(22-8-7-15-34-22)27-24(23)29(2)28-17)25(31)26-18-9-11-19(12-10-18)35(32,33)30-13-5-3-4-6-14-30/h7-12,15-16H,3-6,13-14H2,1-2H3,(H,26,31). The van der Waals surface area contributed by atoms with Crippen molar-refractivity contribution in [2.24, 2.45) is 7.05 Å². The first kappa shape index (κ1) is 23.3. The number of nitrogens with one attached hydrogen (secondary N) is 1. The van der Waals surface area contributed by atoms with E-state index in [0.29, 0.717) is 52.5 Å². The molecule has 1 fully saturated rings. The van der Waals surface area contributed by atoms with Gasteiger partial charge in [-0.1, -0.05) is 12.8 Å². The molecule has 1 aliphatic rings. The van der Waals surface area contributed by atoms with E-state index in [-0.39, 0.29) is 10.8 Å². The number of furan rings is 1. The molecule has 0 spiro atoms. The summed E-state index contributed by atoms with van der Waals surface area (Å²) in [6, 6.07) is 11.5. The Labute approximate surface area is 203 Å². The summed E-state index contributed by atoms with van der Waals surface area (Å²) in [5.74, 6) is 0.201. The average Bonchev–Trinajstić information content (AvgIpc) is 3.37. The Balaban J connectivity index is 1.43. The van der Waals surface area contributed by atoms with Gasteiger partial charge in [-0.25, -0.2) is 13.4 Å². The highest BCUT2D eigenvalue weighted by Gasteiger charge is 2.25. The number of carbonyl (C=O) groups is 1. The van der Waals surface area contributed by atoms with Gasteiger partial charge < -0.3 is 9.73 Å². The number of carbonyl (C=O) groups excluding carboxylic acids is 1. The minimum absolute atomic E-state index is 0.229. The molecule has 4 aromatic rings. The van der Waals surface area contributed by atoms with Crippen LogP contribution in [-0.4, -0.2) is 46.5 Å². The molecule has 1 N–H and O–H groups in total. The minimum atomic E-state index is -3.55. The van der Waals surface area contributed by atoms with Gasteiger partial charge >= 0.3 is 0 Å². The lowest BCUT2D eigenvalue weighted by molar-refractivity contribution is 0.102. The van der Waals surface area contributed by atoms with Gasteiger partial charge in [0.15, 0.2) is 11.4 Å². The van der Waals surface area contributed by atoms with Crippen LogP contribution in [0.1, 0.15) is 41.7 Å². The molecule has 0 radical (unpaired) electrons. The molecule has 0 aliphatic carbocycles. The number of hydrogen-bond donors (Lipinski definition) is 1. The van der Waals surface area contributed by atoms with Crippen molar-refractivity contribution >= 4 is 32.7 Å². The number of aromatic nitrogens is 3. The van der Waals surface area contributed by atoms with Crippen LogP contribution in [0.2, 0.25) is 0 Å². The molecule has 0 unspecified atom stereocenters. The Hall–Kier alpha value is -3.50. The second-order valence-corrected chi connectivity index (χ2v) is 10.7. The quantitative estimate of drug-likeness (QED) is 0.442. The number of aryl methyl sites for hydroxylation is 2. The summed E-state index contributed by atoms with van der Waals surface area (Å²) >= 11 is 0. The van der Waals surface area contributed by atoms with Crippen LogP contribution in [0.15, 0.2) is 58.0 Å². The highest BCUT2D eigenvalue weighted by atomic mass is 32.2. The summed E-state index contributed by atoms with van der Waals surface area (Å²) in [6.07, 6.45) is 5.41. The van der Waals surface area contributed by atoms with E-state index in [9.17, 15) is 13.2 Å². The van der Waals surface area contributed by atoms with Crippen LogP contribution in [0, 0.1) is 6.92 Å². The molecular formula is C25H27N5O4S. The fourth-order valence-electron chi connectivity index (χ4n) is 4.51. The zero-order valence-electron chi connectivity index (χ0n) is 19.7. The average molecular weight is 494 g/mol. The Bertz CT molecular complexity index is 1470. The summed E-state index contributed by atoms with van der Waals surface area (Å²) in [5, 5.41) is 7.96. The minimum Gasteiger partial charge on any atom is -0.463 e. The number of amides is 1. The van der Waals surface area contributed by atoms with Crippen LogP contribution in [0.5, 0.6) is 0 Å². The van der Waals surface area contributed by atoms with Crippen LogP contribution in [-0.2, 0) is 17.1 Å². The van der Waals surface area contributed by atoms with Crippen LogP contribution in [0.25, 0.3) is 22.5 Å². The Morgan fingerprint density at radius 3 is 2.43 bits per heavy atom. The lowest BCUT2D eigenvalue weighted by Crippen LogP contribution is -2.31. The van der Waals surface area contributed by atoms with Gasteiger partial charge in [0.1, 0.15) is 5.69 Å². The monoisotopic (exact) mass is 493 g/mol. The van der Waals surface area contributed by atoms with Crippen LogP contribution < -0.4 is 5.32 Å². The molecule has 35 heavy (non-hydrogen) atoms. The van der Waals surface area contributed by atoms with Crippen molar-refractivity contribution in [1.82, 2.24) is 19.1 Å². The van der Waals surface area contributed by atoms with Crippen molar-refractivity contribution in [1.29, 1.82) is 0 Å². The van der Waals surface area contributed by atoms with Gasteiger partial charge in [-0.15, -0.1) is 0 Å². The zero-order chi connectivity index (χ0) is 24.6. The summed E-state index contributed by atoms with van der Waals surface area (Å²) in [4.78, 5) is 18.2. The van der Waals surface area contributed by atoms with Gasteiger partial charge in [0, 0.05) is 25.8 Å². The first-order valence-electron chi connectivity index (χ1n) is 11.6. The summed E-state index contributed by atoms with van der Waals surface area (Å²) in [5.41, 5.74) is 2.68. The summed E-state index contributed by atoms with van der Waals surface area (Å²) in [7, 11) is -1.78. The topological polar surface area (TPSA) is 110 Å². The molecule has 1 saturated heterocycles. The number of fused-ring (bicyclic) bond motifs is 1. The number of sulfonamides is 1. The number of benzene rings is 1. The molecule has 4 heterocycles. The second-order valence-electron chi connectivity index (χ2n) is 8.74. The molecule has 182 valence electrons. The van der Waals surface area contributed by atoms with E-state index >= 15 is 0 Å². The molecule has 0 bridgehead atoms. The van der Waals surface area contributed by atoms with Gasteiger partial charge in [-0.05, 0) is 62.2 Å². The molecule has 10 heteroatoms. The largest absolute Gasteiger partial charge is 0.463 e. The van der Waals surface area contributed by atoms with Crippen molar-refractivity contribution in [3.8, 4) is 11.5 Å². The fraction of sp³-hybridized carbons (Fsp3) is 0.320. The smallest absolute Gasteiger partial charge is 0.256 e. The number of nitrogens with zero attached hydrogens (tertiary/aromatic N) is 4. The van der Waals surface area contributed by atoms with Crippen molar-refractivity contribution in [2.45, 2.75) is 37.5 Å². The van der Waals surface area contributed by atoms with E-state index in [1.54, 1.807) is 64.8 Å². The predicted molar refractivity (Wildman–Crippen MR) is 133 cm³/mol. The van der Waals surface area contributed by atoms with Crippen LogP contribution >= 0.6 is 0 Å². The van der Waals surface area contributed by atoms with E-state index in [1.807, 2.05) is 6.92 Å². The molecule has 0 atom stereocenters. The molecule has 9 nitrogen and oxygen atoms in total. The number of hydrogen-bond acceptors (Lipinski definition) is 6. The third-order valence-corrected chi connectivity index (χ3v) is 8.21. The normalized spacial score (nSPS) is 15.3. The van der Waals surface area contributed by atoms with E-state index in [0.717, 1.165) is 25.7 Å². The van der Waals surface area contributed by atoms with Crippen molar-refractivity contribution in [3.63, 3.8) is 0 Å². The molecular weight excluding hydrogens is 466 g/mol. The third kappa shape index (κ3) is 4.46. The Morgan fingerprint density at radius 1 is 1.06 bits per heavy atom. The van der Waals surface area contributed by atoms with Gasteiger partial charge in [0.05, 0.1) is 27.8 Å². The highest BCUT2D eigenvalue weighted by Crippen LogP contribution is 2.28. The maximum absolute atomic E-state index is 13.3. The lowest BCUT2D eigenvalue weighted by Gasteiger charge is -2.20. The number of anilines is 1. The lowest BCUT2D eigenvalue weighted by atomic mass is 10.1. The molecule has 1 amide bonds. The first-order chi connectivity index (χ1) is 16.8. The zero-order valence-corrected chi connectivity index (χ0v) is 20.5. The van der Waals surface area contributed by atoms with E-state index in [2.05, 4.69) is 15.4 Å². The maximum Gasteiger partial charge on any atom is 0.256 e. The second kappa shape index (κ2) is 9.27. The number of pyridine rings is 1. The molecule has 1 aliphatic heterocycles. The van der Waals surface area contributed by atoms with Crippen molar-refractivity contribution < 1.29 is 17.6 Å². The number of rotatable bonds is 5. The fourth-order valence-corrected chi connectivity index (χ4v) is 6.03. The van der Waals surface area contributed by atoms with E-state index in [4.69, 9.17) is 4.42 Å². The molecule has 1 aromatic carbocycles. The Kier molecular flexibility index (Phi) is 6.16. The Morgan fingerprint density at radius 2 is 1.77 bits per heavy atom. The van der Waals surface area contributed by atoms with Gasteiger partial charge in [-0.2, -0.15) is 9.40 Å². The van der Waals surface area contributed by atoms with Gasteiger partial charge in [0.25, 0.3) is 5.91 Å². The summed E-state index contributed by atoms with van der Waals surface area (Å²) in [6.45, 7) is 2.92. The van der Waals surface area contributed by atoms with E-state index in [1.165, 1.54) is 0 Å². The highest BCUT2D eigenvalue weighted by molar-refractivity contribution is 7.89. The SMILES string of the molecule is Cc1nn(C)c2nc(-c3ccco3)cc(C(=O)Nc3ccc(S(=O)(=O)N4CCCCCC4)cc3)c12. The maximum atomic E-state index is 13.3. The van der Waals surface area contributed by atoms with Crippen molar-refractivity contribution in [2.75, 3.05) is 18.4 Å². The van der Waals surface area contributed by atoms with Crippen LogP contribution in [0.4, 0.5) is 5.69 Å². The predicted octanol–water partition coefficient (Wildman–Crippen LogP) is 4.35. The first-order valence-corrected chi connectivity index (χ1v) is 13.1. The third-order valence-electron chi connectivity index (χ3n) is 6.30. The molecule has 5 rings (SSSR count). The summed E-state index contributed by atoms with van der Waals surface area (Å²) < 4.78 is 34.8. The van der Waals surface area contributed by atoms with E-state index < -0.39 is 10.0 Å². The van der Waals surface area contributed by atoms with Crippen LogP contribution in [0.3, 0.4) is 0 Å². The van der Waals surface area contributed by atoms with Gasteiger partial charge in [0.2, 0.25) is 10.0 Å². The van der Waals surface area contributed by atoms with Gasteiger partial charge in [-0.3, -0.25) is 9.48 Å². The molecule has 3 aromatic heterocycles. The van der Waals surface area contributed by atoms with Crippen molar-refractivity contribution in [3.05, 3.63) is 60.0 Å².